The van der Waals surface area contributed by atoms with Crippen molar-refractivity contribution < 1.29 is 34.4 Å². The number of rotatable bonds is 4. The minimum atomic E-state index is -0.786. The number of hydrogen-bond donors (Lipinski definition) is 5. The van der Waals surface area contributed by atoms with Crippen LogP contribution in [0.2, 0.25) is 0 Å². The molecule has 192 valence electrons. The van der Waals surface area contributed by atoms with Crippen molar-refractivity contribution in [2.75, 3.05) is 19.7 Å². The van der Waals surface area contributed by atoms with Crippen molar-refractivity contribution in [3.63, 3.8) is 0 Å². The van der Waals surface area contributed by atoms with E-state index < -0.39 is 17.2 Å². The van der Waals surface area contributed by atoms with Gasteiger partial charge in [0.2, 0.25) is 0 Å². The van der Waals surface area contributed by atoms with Gasteiger partial charge in [-0.15, -0.1) is 0 Å². The number of hydrogen-bond acceptors (Lipinski definition) is 8. The molecule has 2 aromatic heterocycles. The number of piperidine rings is 1. The number of aryl methyl sites for hydroxylation is 1. The Labute approximate surface area is 203 Å². The number of nitrogens with zero attached hydrogens (tertiary/aromatic N) is 3. The summed E-state index contributed by atoms with van der Waals surface area (Å²) in [5.41, 5.74) is 1.10. The van der Waals surface area contributed by atoms with Gasteiger partial charge in [0.1, 0.15) is 11.8 Å². The second-order valence-corrected chi connectivity index (χ2v) is 8.61. The van der Waals surface area contributed by atoms with Crippen LogP contribution in [-0.4, -0.2) is 91.0 Å². The first-order chi connectivity index (χ1) is 16.7. The molecule has 35 heavy (non-hydrogen) atoms. The molecule has 2 atom stereocenters. The minimum absolute atomic E-state index is 0.250. The van der Waals surface area contributed by atoms with Gasteiger partial charge in [0.05, 0.1) is 23.2 Å². The van der Waals surface area contributed by atoms with Crippen LogP contribution in [0.3, 0.4) is 0 Å². The molecule has 1 spiro atoms. The third kappa shape index (κ3) is 7.07. The number of aromatic nitrogens is 3. The number of amides is 1. The van der Waals surface area contributed by atoms with Crippen LogP contribution in [0.1, 0.15) is 48.1 Å². The molecule has 2 saturated heterocycles. The van der Waals surface area contributed by atoms with Crippen molar-refractivity contribution in [2.45, 2.75) is 56.9 Å². The van der Waals surface area contributed by atoms with Crippen LogP contribution in [-0.2, 0) is 20.9 Å². The first-order valence-corrected chi connectivity index (χ1v) is 11.2. The Bertz CT molecular complexity index is 941. The number of carbonyl (C=O) groups is 3. The molecule has 0 aliphatic carbocycles. The molecule has 0 radical (unpaired) electrons. The van der Waals surface area contributed by atoms with Crippen LogP contribution in [0.15, 0.2) is 30.7 Å². The van der Waals surface area contributed by atoms with E-state index in [0.29, 0.717) is 31.6 Å². The van der Waals surface area contributed by atoms with Gasteiger partial charge in [0.25, 0.3) is 18.9 Å². The summed E-state index contributed by atoms with van der Waals surface area (Å²) >= 11 is 0. The molecular weight excluding hydrogens is 458 g/mol. The maximum Gasteiger partial charge on any atom is 0.290 e. The smallest absolute Gasteiger partial charge is 0.290 e. The predicted octanol–water partition coefficient (Wildman–Crippen LogP) is 0.819. The lowest BCUT2D eigenvalue weighted by Crippen LogP contribution is -2.69. The van der Waals surface area contributed by atoms with Gasteiger partial charge < -0.3 is 30.4 Å². The molecule has 0 bridgehead atoms. The van der Waals surface area contributed by atoms with E-state index in [1.807, 2.05) is 13.8 Å². The Morgan fingerprint density at radius 2 is 1.89 bits per heavy atom. The third-order valence-corrected chi connectivity index (χ3v) is 6.42. The van der Waals surface area contributed by atoms with Crippen LogP contribution in [0.25, 0.3) is 0 Å². The fourth-order valence-electron chi connectivity index (χ4n) is 4.48. The van der Waals surface area contributed by atoms with Gasteiger partial charge in [-0.25, -0.2) is 4.98 Å². The first-order valence-electron chi connectivity index (χ1n) is 11.2. The Kier molecular flexibility index (Phi) is 10.3. The number of aliphatic hydroxyl groups is 1. The van der Waals surface area contributed by atoms with Gasteiger partial charge >= 0.3 is 0 Å². The Hall–Kier alpha value is -3.35. The lowest BCUT2D eigenvalue weighted by Gasteiger charge is -2.53. The van der Waals surface area contributed by atoms with Gasteiger partial charge in [0.15, 0.2) is 0 Å². The largest absolute Gasteiger partial charge is 0.483 e. The summed E-state index contributed by atoms with van der Waals surface area (Å²) in [4.78, 5) is 43.3. The monoisotopic (exact) mass is 491 g/mol. The number of pyridine rings is 1. The highest BCUT2D eigenvalue weighted by molar-refractivity contribution is 5.92. The summed E-state index contributed by atoms with van der Waals surface area (Å²) in [5.74, 6) is -0.268. The molecule has 4 rings (SSSR count). The zero-order valence-corrected chi connectivity index (χ0v) is 19.9. The summed E-state index contributed by atoms with van der Waals surface area (Å²) in [6, 6.07) is 5.23. The minimum Gasteiger partial charge on any atom is -0.483 e. The number of aliphatic hydroxyl groups excluding tert-OH is 1. The first kappa shape index (κ1) is 27.9. The van der Waals surface area contributed by atoms with Crippen LogP contribution in [0.5, 0.6) is 0 Å². The van der Waals surface area contributed by atoms with E-state index in [2.05, 4.69) is 25.2 Å². The second-order valence-electron chi connectivity index (χ2n) is 8.61. The average molecular weight is 492 g/mol. The molecule has 0 aromatic carbocycles. The van der Waals surface area contributed by atoms with E-state index in [-0.39, 0.29) is 18.9 Å². The molecule has 2 aromatic rings. The van der Waals surface area contributed by atoms with Crippen LogP contribution < -0.4 is 5.32 Å². The Morgan fingerprint density at radius 1 is 1.23 bits per heavy atom. The van der Waals surface area contributed by atoms with E-state index >= 15 is 0 Å². The number of nitrogens with one attached hydrogen (secondary N) is 2. The number of likely N-dealkylation sites (tertiary alicyclic amines) is 1. The standard InChI is InChI=1S/C21H29N5O3.2CH2O2/c1-15-17(24-14-23-15)13-26-10-6-21(7-11-26)19(28)20(2,8-12-29-21)25-18(27)16-5-3-4-9-22-16;2*2-1-3/h3-5,9,14,19,28H,6-8,10-13H2,1-2H3,(H,23,24)(H,25,27);2*1H,(H,2,3)/t19-,20+;;/m1../s1. The molecule has 4 heterocycles. The molecule has 2 aliphatic rings. The van der Waals surface area contributed by atoms with Crippen molar-refractivity contribution >= 4 is 18.9 Å². The molecule has 2 fully saturated rings. The molecule has 2 aliphatic heterocycles. The van der Waals surface area contributed by atoms with Gasteiger partial charge in [-0.3, -0.25) is 24.3 Å². The summed E-state index contributed by atoms with van der Waals surface area (Å²) < 4.78 is 6.14. The highest BCUT2D eigenvalue weighted by Gasteiger charge is 2.53. The number of imidazole rings is 1. The molecule has 12 nitrogen and oxygen atoms in total. The fourth-order valence-corrected chi connectivity index (χ4v) is 4.48. The molecule has 1 amide bonds. The van der Waals surface area contributed by atoms with Crippen molar-refractivity contribution in [1.82, 2.24) is 25.2 Å². The molecule has 5 N–H and O–H groups in total. The van der Waals surface area contributed by atoms with Crippen molar-refractivity contribution in [3.05, 3.63) is 47.8 Å². The molecular formula is C23H33N5O7. The van der Waals surface area contributed by atoms with Gasteiger partial charge in [-0.2, -0.15) is 0 Å². The van der Waals surface area contributed by atoms with E-state index in [4.69, 9.17) is 24.5 Å². The SMILES string of the molecule is Cc1[nH]cnc1CN1CCC2(CC1)OCC[C@](C)(NC(=O)c1ccccn1)[C@H]2O.O=CO.O=CO. The van der Waals surface area contributed by atoms with E-state index in [1.54, 1.807) is 30.7 Å². The number of carboxylic acid groups (broad SMARTS) is 2. The molecule has 12 heteroatoms. The second kappa shape index (κ2) is 12.9. The number of H-pyrrole nitrogens is 1. The van der Waals surface area contributed by atoms with Crippen molar-refractivity contribution in [2.24, 2.45) is 0 Å². The maximum absolute atomic E-state index is 12.7. The number of ether oxygens (including phenoxy) is 1. The normalized spacial score (nSPS) is 23.1. The van der Waals surface area contributed by atoms with E-state index in [0.717, 1.165) is 31.0 Å². The number of aromatic amines is 1. The summed E-state index contributed by atoms with van der Waals surface area (Å²) in [7, 11) is 0. The van der Waals surface area contributed by atoms with Crippen molar-refractivity contribution in [3.8, 4) is 0 Å². The van der Waals surface area contributed by atoms with Gasteiger partial charge in [-0.05, 0) is 45.2 Å². The summed E-state index contributed by atoms with van der Waals surface area (Å²) in [6.45, 7) is 6.35. The number of carbonyl (C=O) groups excluding carboxylic acids is 1. The van der Waals surface area contributed by atoms with Gasteiger partial charge in [0, 0.05) is 38.1 Å². The highest BCUT2D eigenvalue weighted by atomic mass is 16.5. The predicted molar refractivity (Wildman–Crippen MR) is 125 cm³/mol. The van der Waals surface area contributed by atoms with Crippen LogP contribution >= 0.6 is 0 Å². The molecule has 0 saturated carbocycles. The average Bonchev–Trinajstić information content (AvgIpc) is 3.25. The van der Waals surface area contributed by atoms with E-state index in [9.17, 15) is 9.90 Å². The summed E-state index contributed by atoms with van der Waals surface area (Å²) in [6.07, 6.45) is 4.52. The summed E-state index contributed by atoms with van der Waals surface area (Å²) in [5, 5.41) is 28.1. The van der Waals surface area contributed by atoms with Crippen LogP contribution in [0.4, 0.5) is 0 Å². The maximum atomic E-state index is 12.7. The van der Waals surface area contributed by atoms with Crippen LogP contribution in [0, 0.1) is 6.92 Å². The topological polar surface area (TPSA) is 178 Å². The van der Waals surface area contributed by atoms with E-state index in [1.165, 1.54) is 0 Å². The molecule has 0 unspecified atom stereocenters. The highest BCUT2D eigenvalue weighted by Crippen LogP contribution is 2.40. The fraction of sp³-hybridized carbons (Fsp3) is 0.522. The Balaban J connectivity index is 0.000000655. The van der Waals surface area contributed by atoms with Crippen molar-refractivity contribution in [1.29, 1.82) is 0 Å². The zero-order valence-electron chi connectivity index (χ0n) is 19.9. The Morgan fingerprint density at radius 3 is 2.43 bits per heavy atom. The lowest BCUT2D eigenvalue weighted by atomic mass is 9.73. The zero-order chi connectivity index (χ0) is 25.9. The quantitative estimate of drug-likeness (QED) is 0.385. The lowest BCUT2D eigenvalue weighted by molar-refractivity contribution is -0.206. The van der Waals surface area contributed by atoms with Gasteiger partial charge in [-0.1, -0.05) is 6.07 Å². The third-order valence-electron chi connectivity index (χ3n) is 6.42.